The molecular weight excluding hydrogens is 360 g/mol. The van der Waals surface area contributed by atoms with Gasteiger partial charge in [-0.25, -0.2) is 9.78 Å². The second kappa shape index (κ2) is 5.90. The number of aromatic hydroxyl groups is 1. The van der Waals surface area contributed by atoms with E-state index >= 15 is 0 Å². The van der Waals surface area contributed by atoms with Crippen molar-refractivity contribution in [3.63, 3.8) is 0 Å². The van der Waals surface area contributed by atoms with E-state index in [1.807, 2.05) is 13.0 Å². The number of phenols is 1. The molecule has 0 aliphatic carbocycles. The van der Waals surface area contributed by atoms with Gasteiger partial charge >= 0.3 is 5.97 Å². The average Bonchev–Trinajstić information content (AvgIpc) is 3.04. The molecule has 7 nitrogen and oxygen atoms in total. The van der Waals surface area contributed by atoms with Gasteiger partial charge in [0.2, 0.25) is 0 Å². The van der Waals surface area contributed by atoms with E-state index in [1.165, 1.54) is 0 Å². The molecule has 0 amide bonds. The Kier molecular flexibility index (Phi) is 3.57. The third-order valence-electron chi connectivity index (χ3n) is 5.55. The number of hydrogen-bond acceptors (Lipinski definition) is 6. The van der Waals surface area contributed by atoms with Gasteiger partial charge in [-0.2, -0.15) is 0 Å². The number of aromatic nitrogens is 2. The quantitative estimate of drug-likeness (QED) is 0.519. The summed E-state index contributed by atoms with van der Waals surface area (Å²) in [7, 11) is 0. The van der Waals surface area contributed by atoms with Gasteiger partial charge < -0.3 is 19.5 Å². The Morgan fingerprint density at radius 2 is 2.11 bits per heavy atom. The van der Waals surface area contributed by atoms with Crippen LogP contribution in [-0.2, 0) is 29.1 Å². The predicted molar refractivity (Wildman–Crippen MR) is 101 cm³/mol. The molecule has 28 heavy (non-hydrogen) atoms. The topological polar surface area (TPSA) is 102 Å². The van der Waals surface area contributed by atoms with Crippen molar-refractivity contribution in [3.05, 3.63) is 56.9 Å². The Bertz CT molecular complexity index is 1230. The normalized spacial score (nSPS) is 17.2. The Morgan fingerprint density at radius 3 is 2.89 bits per heavy atom. The van der Waals surface area contributed by atoms with Crippen molar-refractivity contribution in [1.82, 2.24) is 9.55 Å². The van der Waals surface area contributed by atoms with Crippen molar-refractivity contribution < 1.29 is 19.7 Å². The standard InChI is InChI=1S/C21H18N2O5/c1-2-3-11-12-6-10-8-23-16(18(10)22-15(12)4-5-17(11)24)7-13-14(20(23)26)9-28-21(27)19(13)25/h4-7,19,24-25H,2-3,8-9H2,1H3/t19-/m0/s1. The number of aliphatic hydroxyl groups excluding tert-OH is 1. The first-order valence-corrected chi connectivity index (χ1v) is 9.25. The molecule has 2 aliphatic rings. The van der Waals surface area contributed by atoms with Crippen LogP contribution in [0.4, 0.5) is 0 Å². The maximum absolute atomic E-state index is 12.9. The Balaban J connectivity index is 1.75. The smallest absolute Gasteiger partial charge is 0.340 e. The van der Waals surface area contributed by atoms with E-state index in [4.69, 9.17) is 9.72 Å². The van der Waals surface area contributed by atoms with Gasteiger partial charge in [-0.1, -0.05) is 13.3 Å². The van der Waals surface area contributed by atoms with Crippen LogP contribution in [0.2, 0.25) is 0 Å². The van der Waals surface area contributed by atoms with E-state index < -0.39 is 12.1 Å². The minimum atomic E-state index is -1.46. The first kappa shape index (κ1) is 16.9. The lowest BCUT2D eigenvalue weighted by molar-refractivity contribution is -0.157. The number of fused-ring (bicyclic) bond motifs is 5. The number of hydrogen-bond donors (Lipinski definition) is 2. The highest BCUT2D eigenvalue weighted by atomic mass is 16.5. The van der Waals surface area contributed by atoms with E-state index in [9.17, 15) is 19.8 Å². The number of benzene rings is 1. The van der Waals surface area contributed by atoms with Crippen LogP contribution in [0.15, 0.2) is 29.1 Å². The van der Waals surface area contributed by atoms with E-state index in [-0.39, 0.29) is 17.9 Å². The molecule has 4 heterocycles. The summed E-state index contributed by atoms with van der Waals surface area (Å²) in [6, 6.07) is 7.04. The number of carbonyl (C=O) groups is 1. The molecule has 0 saturated heterocycles. The van der Waals surface area contributed by atoms with E-state index in [2.05, 4.69) is 0 Å². The number of rotatable bonds is 2. The zero-order chi connectivity index (χ0) is 19.6. The maximum atomic E-state index is 12.9. The van der Waals surface area contributed by atoms with Crippen molar-refractivity contribution >= 4 is 16.9 Å². The summed E-state index contributed by atoms with van der Waals surface area (Å²) in [4.78, 5) is 29.4. The van der Waals surface area contributed by atoms with Crippen molar-refractivity contribution in [2.45, 2.75) is 39.0 Å². The van der Waals surface area contributed by atoms with Crippen LogP contribution in [0, 0.1) is 0 Å². The van der Waals surface area contributed by atoms with Crippen molar-refractivity contribution in [3.8, 4) is 17.1 Å². The number of aliphatic hydroxyl groups is 1. The van der Waals surface area contributed by atoms with E-state index in [0.717, 1.165) is 34.9 Å². The van der Waals surface area contributed by atoms with Crippen molar-refractivity contribution in [2.24, 2.45) is 0 Å². The molecule has 7 heteroatoms. The summed E-state index contributed by atoms with van der Waals surface area (Å²) in [6.45, 7) is 2.27. The molecule has 0 saturated carbocycles. The molecule has 0 fully saturated rings. The highest BCUT2D eigenvalue weighted by Crippen LogP contribution is 2.37. The average molecular weight is 378 g/mol. The van der Waals surface area contributed by atoms with Gasteiger partial charge in [0, 0.05) is 22.1 Å². The lowest BCUT2D eigenvalue weighted by Crippen LogP contribution is -2.32. The van der Waals surface area contributed by atoms with Gasteiger partial charge in [0.15, 0.2) is 6.10 Å². The van der Waals surface area contributed by atoms with Crippen molar-refractivity contribution in [2.75, 3.05) is 0 Å². The number of ether oxygens (including phenoxy) is 1. The number of esters is 1. The van der Waals surface area contributed by atoms with Crippen LogP contribution >= 0.6 is 0 Å². The molecule has 2 N–H and O–H groups in total. The van der Waals surface area contributed by atoms with Gasteiger partial charge in [0.05, 0.1) is 29.0 Å². The molecule has 0 spiro atoms. The summed E-state index contributed by atoms with van der Waals surface area (Å²) >= 11 is 0. The van der Waals surface area contributed by atoms with Crippen LogP contribution in [0.5, 0.6) is 5.75 Å². The number of phenolic OH excluding ortho intramolecular Hbond substituents is 1. The summed E-state index contributed by atoms with van der Waals surface area (Å²) in [5.41, 5.74) is 4.02. The maximum Gasteiger partial charge on any atom is 0.340 e. The minimum absolute atomic E-state index is 0.134. The number of aryl methyl sites for hydroxylation is 1. The first-order chi connectivity index (χ1) is 13.5. The Labute approximate surface area is 159 Å². The van der Waals surface area contributed by atoms with Gasteiger partial charge in [0.1, 0.15) is 12.4 Å². The monoisotopic (exact) mass is 378 g/mol. The number of nitrogens with zero attached hydrogens (tertiary/aromatic N) is 2. The fourth-order valence-corrected chi connectivity index (χ4v) is 4.16. The van der Waals surface area contributed by atoms with Gasteiger partial charge in [-0.05, 0) is 30.7 Å². The fourth-order valence-electron chi connectivity index (χ4n) is 4.16. The summed E-state index contributed by atoms with van der Waals surface area (Å²) in [5.74, 6) is -0.501. The third-order valence-corrected chi connectivity index (χ3v) is 5.55. The molecule has 1 aromatic carbocycles. The van der Waals surface area contributed by atoms with Crippen LogP contribution in [0.25, 0.3) is 22.3 Å². The summed E-state index contributed by atoms with van der Waals surface area (Å²) in [5, 5.41) is 21.3. The number of cyclic esters (lactones) is 1. The van der Waals surface area contributed by atoms with Crippen LogP contribution < -0.4 is 5.56 Å². The lowest BCUT2D eigenvalue weighted by atomic mass is 9.99. The largest absolute Gasteiger partial charge is 0.508 e. The van der Waals surface area contributed by atoms with Crippen molar-refractivity contribution in [1.29, 1.82) is 0 Å². The SMILES string of the molecule is CCCc1c(O)ccc2nc3c(cc12)Cn1c-3cc2c(c1=O)COC(=O)[C@H]2O. The van der Waals surface area contributed by atoms with Crippen LogP contribution in [0.3, 0.4) is 0 Å². The first-order valence-electron chi connectivity index (χ1n) is 9.25. The molecule has 0 unspecified atom stereocenters. The minimum Gasteiger partial charge on any atom is -0.508 e. The molecule has 142 valence electrons. The van der Waals surface area contributed by atoms with Crippen LogP contribution in [-0.4, -0.2) is 25.7 Å². The van der Waals surface area contributed by atoms with Gasteiger partial charge in [-0.3, -0.25) is 4.79 Å². The second-order valence-electron chi connectivity index (χ2n) is 7.24. The van der Waals surface area contributed by atoms with Crippen LogP contribution in [0.1, 0.15) is 41.7 Å². The number of pyridine rings is 2. The predicted octanol–water partition coefficient (Wildman–Crippen LogP) is 2.17. The van der Waals surface area contributed by atoms with E-state index in [0.29, 0.717) is 29.1 Å². The second-order valence-corrected chi connectivity index (χ2v) is 7.24. The Hall–Kier alpha value is -3.19. The lowest BCUT2D eigenvalue weighted by Gasteiger charge is -2.21. The van der Waals surface area contributed by atoms with Gasteiger partial charge in [0.25, 0.3) is 5.56 Å². The Morgan fingerprint density at radius 1 is 1.29 bits per heavy atom. The molecule has 5 rings (SSSR count). The highest BCUT2D eigenvalue weighted by molar-refractivity contribution is 5.88. The molecule has 3 aromatic rings. The fraction of sp³-hybridized carbons (Fsp3) is 0.286. The molecule has 2 aromatic heterocycles. The van der Waals surface area contributed by atoms with E-state index in [1.54, 1.807) is 22.8 Å². The summed E-state index contributed by atoms with van der Waals surface area (Å²) in [6.07, 6.45) is 0.165. The zero-order valence-corrected chi connectivity index (χ0v) is 15.2. The zero-order valence-electron chi connectivity index (χ0n) is 15.2. The highest BCUT2D eigenvalue weighted by Gasteiger charge is 2.33. The molecule has 0 radical (unpaired) electrons. The molecule has 0 bridgehead atoms. The third kappa shape index (κ3) is 2.23. The molecular formula is C21H18N2O5. The summed E-state index contributed by atoms with van der Waals surface area (Å²) < 4.78 is 6.51. The number of carbonyl (C=O) groups excluding carboxylic acids is 1. The van der Waals surface area contributed by atoms with Gasteiger partial charge in [-0.15, -0.1) is 0 Å². The molecule has 1 atom stereocenters. The molecule has 2 aliphatic heterocycles.